The molecule has 0 spiro atoms. The number of furan rings is 1. The molecule has 0 amide bonds. The smallest absolute Gasteiger partial charge is 0.156 e. The van der Waals surface area contributed by atoms with Gasteiger partial charge in [-0.25, -0.2) is 4.98 Å². The molecule has 0 unspecified atom stereocenters. The second kappa shape index (κ2) is 7.10. The van der Waals surface area contributed by atoms with E-state index < -0.39 is 0 Å². The van der Waals surface area contributed by atoms with E-state index in [9.17, 15) is 0 Å². The first-order valence-electron chi connectivity index (χ1n) is 9.76. The highest BCUT2D eigenvalue weighted by Gasteiger charge is 2.15. The van der Waals surface area contributed by atoms with E-state index in [1.54, 1.807) is 0 Å². The fourth-order valence-electron chi connectivity index (χ4n) is 3.75. The summed E-state index contributed by atoms with van der Waals surface area (Å²) in [4.78, 5) is 4.94. The van der Waals surface area contributed by atoms with Crippen LogP contribution in [-0.4, -0.2) is 4.98 Å². The summed E-state index contributed by atoms with van der Waals surface area (Å²) in [6.07, 6.45) is 0. The highest BCUT2D eigenvalue weighted by Crippen LogP contribution is 2.34. The zero-order valence-corrected chi connectivity index (χ0v) is 16.5. The Morgan fingerprint density at radius 2 is 1.55 bits per heavy atom. The summed E-state index contributed by atoms with van der Waals surface area (Å²) in [6, 6.07) is 26.5. The molecule has 0 N–H and O–H groups in total. The summed E-state index contributed by atoms with van der Waals surface area (Å²) in [5.41, 5.74) is 5.96. The lowest BCUT2D eigenvalue weighted by Crippen LogP contribution is -1.98. The Morgan fingerprint density at radius 1 is 0.793 bits per heavy atom. The standard InChI is InChI=1S/C26H21NO2/c1-17-21-10-6-7-11-24(21)29-26(17)22-14-12-20-13-15-23(18(2)25(20)27-22)28-16-19-8-4-3-5-9-19/h3-15H,16H2,1-2H3. The highest BCUT2D eigenvalue weighted by molar-refractivity contribution is 5.90. The largest absolute Gasteiger partial charge is 0.489 e. The van der Waals surface area contributed by atoms with Gasteiger partial charge in [-0.05, 0) is 43.7 Å². The number of hydrogen-bond donors (Lipinski definition) is 0. The molecular weight excluding hydrogens is 358 g/mol. The minimum absolute atomic E-state index is 0.537. The third-order valence-corrected chi connectivity index (χ3v) is 5.38. The molecular formula is C26H21NO2. The van der Waals surface area contributed by atoms with Crippen LogP contribution in [0.3, 0.4) is 0 Å². The van der Waals surface area contributed by atoms with Crippen molar-refractivity contribution in [3.05, 3.63) is 95.6 Å². The zero-order chi connectivity index (χ0) is 19.8. The van der Waals surface area contributed by atoms with Gasteiger partial charge < -0.3 is 9.15 Å². The minimum Gasteiger partial charge on any atom is -0.489 e. The van der Waals surface area contributed by atoms with E-state index >= 15 is 0 Å². The van der Waals surface area contributed by atoms with Gasteiger partial charge in [0.15, 0.2) is 5.76 Å². The molecule has 0 aliphatic carbocycles. The van der Waals surface area contributed by atoms with Gasteiger partial charge in [0.2, 0.25) is 0 Å². The summed E-state index contributed by atoms with van der Waals surface area (Å²) >= 11 is 0. The number of benzene rings is 3. The van der Waals surface area contributed by atoms with E-state index in [2.05, 4.69) is 44.2 Å². The molecule has 0 aliphatic heterocycles. The Morgan fingerprint density at radius 3 is 2.38 bits per heavy atom. The summed E-state index contributed by atoms with van der Waals surface area (Å²) < 4.78 is 12.2. The van der Waals surface area contributed by atoms with E-state index in [1.807, 2.05) is 48.5 Å². The lowest BCUT2D eigenvalue weighted by Gasteiger charge is -2.12. The van der Waals surface area contributed by atoms with Gasteiger partial charge in [-0.2, -0.15) is 0 Å². The SMILES string of the molecule is Cc1c(-c2ccc3ccc(OCc4ccccc4)c(C)c3n2)oc2ccccc12. The fourth-order valence-corrected chi connectivity index (χ4v) is 3.75. The van der Waals surface area contributed by atoms with Crippen molar-refractivity contribution in [2.75, 3.05) is 0 Å². The molecule has 3 nitrogen and oxygen atoms in total. The molecule has 0 saturated heterocycles. The molecule has 5 aromatic rings. The minimum atomic E-state index is 0.537. The molecule has 2 heterocycles. The van der Waals surface area contributed by atoms with Gasteiger partial charge in [0, 0.05) is 21.9 Å². The van der Waals surface area contributed by atoms with Gasteiger partial charge in [0.05, 0.1) is 5.52 Å². The maximum atomic E-state index is 6.12. The number of pyridine rings is 1. The van der Waals surface area contributed by atoms with E-state index in [-0.39, 0.29) is 0 Å². The van der Waals surface area contributed by atoms with Gasteiger partial charge in [0.1, 0.15) is 23.6 Å². The predicted octanol–water partition coefficient (Wildman–Crippen LogP) is 6.84. The van der Waals surface area contributed by atoms with Crippen LogP contribution in [0.1, 0.15) is 16.7 Å². The van der Waals surface area contributed by atoms with Crippen molar-refractivity contribution in [1.82, 2.24) is 4.98 Å². The Kier molecular flexibility index (Phi) is 4.28. The van der Waals surface area contributed by atoms with Gasteiger partial charge in [-0.1, -0.05) is 54.6 Å². The van der Waals surface area contributed by atoms with Gasteiger partial charge >= 0.3 is 0 Å². The molecule has 2 aromatic heterocycles. The van der Waals surface area contributed by atoms with Gasteiger partial charge in [-0.3, -0.25) is 0 Å². The quantitative estimate of drug-likeness (QED) is 0.343. The van der Waals surface area contributed by atoms with E-state index in [0.717, 1.165) is 55.8 Å². The first-order valence-corrected chi connectivity index (χ1v) is 9.76. The second-order valence-corrected chi connectivity index (χ2v) is 7.28. The van der Waals surface area contributed by atoms with Crippen LogP contribution in [0.25, 0.3) is 33.3 Å². The maximum Gasteiger partial charge on any atom is 0.156 e. The molecule has 3 aromatic carbocycles. The van der Waals surface area contributed by atoms with E-state index in [1.165, 1.54) is 0 Å². The number of nitrogens with zero attached hydrogens (tertiary/aromatic N) is 1. The van der Waals surface area contributed by atoms with Crippen LogP contribution in [0.4, 0.5) is 0 Å². The first-order chi connectivity index (χ1) is 14.2. The molecule has 0 radical (unpaired) electrons. The molecule has 5 rings (SSSR count). The fraction of sp³-hybridized carbons (Fsp3) is 0.115. The van der Waals surface area contributed by atoms with Crippen molar-refractivity contribution in [1.29, 1.82) is 0 Å². The molecule has 0 fully saturated rings. The molecule has 3 heteroatoms. The molecule has 0 bridgehead atoms. The summed E-state index contributed by atoms with van der Waals surface area (Å²) in [7, 11) is 0. The average molecular weight is 379 g/mol. The first kappa shape index (κ1) is 17.5. The summed E-state index contributed by atoms with van der Waals surface area (Å²) in [6.45, 7) is 4.68. The van der Waals surface area contributed by atoms with E-state index in [4.69, 9.17) is 14.1 Å². The second-order valence-electron chi connectivity index (χ2n) is 7.28. The predicted molar refractivity (Wildman–Crippen MR) is 117 cm³/mol. The van der Waals surface area contributed by atoms with E-state index in [0.29, 0.717) is 6.61 Å². The number of para-hydroxylation sites is 1. The lowest BCUT2D eigenvalue weighted by atomic mass is 10.1. The summed E-state index contributed by atoms with van der Waals surface area (Å²) in [5.74, 6) is 1.68. The van der Waals surface area contributed by atoms with Gasteiger partial charge in [0.25, 0.3) is 0 Å². The van der Waals surface area contributed by atoms with Crippen LogP contribution in [0, 0.1) is 13.8 Å². The van der Waals surface area contributed by atoms with Crippen LogP contribution >= 0.6 is 0 Å². The maximum absolute atomic E-state index is 6.12. The molecule has 0 aliphatic rings. The third kappa shape index (κ3) is 3.15. The topological polar surface area (TPSA) is 35.3 Å². The number of hydrogen-bond acceptors (Lipinski definition) is 3. The Labute approximate surface area is 169 Å². The van der Waals surface area contributed by atoms with Crippen molar-refractivity contribution >= 4 is 21.9 Å². The van der Waals surface area contributed by atoms with Crippen LogP contribution in [0.2, 0.25) is 0 Å². The normalized spacial score (nSPS) is 11.2. The van der Waals surface area contributed by atoms with Crippen LogP contribution in [-0.2, 0) is 6.61 Å². The van der Waals surface area contributed by atoms with Crippen LogP contribution < -0.4 is 4.74 Å². The monoisotopic (exact) mass is 379 g/mol. The highest BCUT2D eigenvalue weighted by atomic mass is 16.5. The Bertz CT molecular complexity index is 1320. The van der Waals surface area contributed by atoms with Crippen molar-refractivity contribution < 1.29 is 9.15 Å². The molecule has 0 saturated carbocycles. The molecule has 29 heavy (non-hydrogen) atoms. The Balaban J connectivity index is 1.55. The lowest BCUT2D eigenvalue weighted by molar-refractivity contribution is 0.304. The zero-order valence-electron chi connectivity index (χ0n) is 16.5. The van der Waals surface area contributed by atoms with Crippen molar-refractivity contribution in [3.8, 4) is 17.2 Å². The number of rotatable bonds is 4. The van der Waals surface area contributed by atoms with Crippen molar-refractivity contribution in [2.24, 2.45) is 0 Å². The van der Waals surface area contributed by atoms with Crippen molar-refractivity contribution in [3.63, 3.8) is 0 Å². The van der Waals surface area contributed by atoms with Crippen molar-refractivity contribution in [2.45, 2.75) is 20.5 Å². The number of aryl methyl sites for hydroxylation is 2. The summed E-state index contributed by atoms with van der Waals surface area (Å²) in [5, 5.41) is 2.22. The number of ether oxygens (including phenoxy) is 1. The molecule has 142 valence electrons. The average Bonchev–Trinajstić information content (AvgIpc) is 3.11. The Hall–Kier alpha value is -3.59. The number of fused-ring (bicyclic) bond motifs is 2. The van der Waals surface area contributed by atoms with Gasteiger partial charge in [-0.15, -0.1) is 0 Å². The number of aromatic nitrogens is 1. The third-order valence-electron chi connectivity index (χ3n) is 5.38. The van der Waals surface area contributed by atoms with Crippen LogP contribution in [0.5, 0.6) is 5.75 Å². The molecule has 0 atom stereocenters. The van der Waals surface area contributed by atoms with Crippen LogP contribution in [0.15, 0.2) is 83.3 Å².